The van der Waals surface area contributed by atoms with Gasteiger partial charge < -0.3 is 4.23 Å². The van der Waals surface area contributed by atoms with Gasteiger partial charge in [-0.3, -0.25) is 0 Å². The highest BCUT2D eigenvalue weighted by atomic mass is 28.3. The van der Waals surface area contributed by atoms with E-state index in [2.05, 4.69) is 43.1 Å². The second-order valence-electron chi connectivity index (χ2n) is 5.31. The first-order chi connectivity index (χ1) is 8.74. The second kappa shape index (κ2) is 7.77. The van der Waals surface area contributed by atoms with E-state index in [1.807, 2.05) is 6.20 Å². The average molecular weight is 267 g/mol. The molecule has 0 aliphatic rings. The molecule has 1 rings (SSSR count). The minimum atomic E-state index is -1.30. The standard InChI is InChI=1S/C15H30N2Si/c1-5-9-10-11-12-15-16-13-14-17(15)18(6-2,7-3)8-4/h13-14H,5-12H2,1-4H3. The third-order valence-electron chi connectivity index (χ3n) is 4.46. The minimum absolute atomic E-state index is 1.17. The largest absolute Gasteiger partial charge is 0.362 e. The van der Waals surface area contributed by atoms with E-state index in [0.29, 0.717) is 0 Å². The number of hydrogen-bond acceptors (Lipinski definition) is 1. The van der Waals surface area contributed by atoms with Gasteiger partial charge >= 0.3 is 0 Å². The zero-order valence-electron chi connectivity index (χ0n) is 12.7. The van der Waals surface area contributed by atoms with Crippen molar-refractivity contribution in [3.05, 3.63) is 18.2 Å². The minimum Gasteiger partial charge on any atom is -0.362 e. The predicted octanol–water partition coefficient (Wildman–Crippen LogP) is 4.86. The van der Waals surface area contributed by atoms with Gasteiger partial charge in [0, 0.05) is 18.8 Å². The summed E-state index contributed by atoms with van der Waals surface area (Å²) in [6.07, 6.45) is 10.7. The van der Waals surface area contributed by atoms with Gasteiger partial charge in [0.15, 0.2) is 8.24 Å². The van der Waals surface area contributed by atoms with E-state index in [1.165, 1.54) is 56.1 Å². The van der Waals surface area contributed by atoms with Crippen LogP contribution in [0.15, 0.2) is 12.4 Å². The highest BCUT2D eigenvalue weighted by Crippen LogP contribution is 2.24. The van der Waals surface area contributed by atoms with Crippen molar-refractivity contribution < 1.29 is 0 Å². The molecule has 0 aromatic carbocycles. The monoisotopic (exact) mass is 266 g/mol. The molecule has 0 amide bonds. The smallest absolute Gasteiger partial charge is 0.162 e. The van der Waals surface area contributed by atoms with Crippen molar-refractivity contribution in [1.82, 2.24) is 9.22 Å². The highest BCUT2D eigenvalue weighted by molar-refractivity contribution is 6.78. The van der Waals surface area contributed by atoms with Crippen LogP contribution >= 0.6 is 0 Å². The molecule has 0 saturated carbocycles. The fraction of sp³-hybridized carbons (Fsp3) is 0.800. The third-order valence-corrected chi connectivity index (χ3v) is 9.83. The first-order valence-electron chi connectivity index (χ1n) is 7.76. The fourth-order valence-corrected chi connectivity index (χ4v) is 6.54. The summed E-state index contributed by atoms with van der Waals surface area (Å²) < 4.78 is 2.60. The number of hydrogen-bond donors (Lipinski definition) is 0. The summed E-state index contributed by atoms with van der Waals surface area (Å²) >= 11 is 0. The van der Waals surface area contributed by atoms with E-state index in [4.69, 9.17) is 0 Å². The van der Waals surface area contributed by atoms with E-state index in [9.17, 15) is 0 Å². The van der Waals surface area contributed by atoms with Crippen LogP contribution in [-0.4, -0.2) is 17.5 Å². The Morgan fingerprint density at radius 3 is 2.22 bits per heavy atom. The molecule has 0 aliphatic carbocycles. The fourth-order valence-electron chi connectivity index (χ4n) is 2.92. The summed E-state index contributed by atoms with van der Waals surface area (Å²) in [5.41, 5.74) is 0. The van der Waals surface area contributed by atoms with E-state index in [-0.39, 0.29) is 0 Å². The molecule has 0 N–H and O–H groups in total. The molecule has 104 valence electrons. The van der Waals surface area contributed by atoms with Crippen LogP contribution in [0.2, 0.25) is 18.1 Å². The molecule has 1 aromatic heterocycles. The lowest BCUT2D eigenvalue weighted by atomic mass is 10.1. The van der Waals surface area contributed by atoms with Crippen LogP contribution in [0.3, 0.4) is 0 Å². The second-order valence-corrected chi connectivity index (χ2v) is 10.4. The van der Waals surface area contributed by atoms with E-state index in [0.717, 1.165) is 0 Å². The molecule has 1 heterocycles. The van der Waals surface area contributed by atoms with Gasteiger partial charge in [0.25, 0.3) is 0 Å². The molecule has 18 heavy (non-hydrogen) atoms. The van der Waals surface area contributed by atoms with Gasteiger partial charge in [-0.1, -0.05) is 47.0 Å². The van der Waals surface area contributed by atoms with Gasteiger partial charge in [-0.05, 0) is 24.6 Å². The molecule has 0 atom stereocenters. The topological polar surface area (TPSA) is 17.8 Å². The Morgan fingerprint density at radius 2 is 1.67 bits per heavy atom. The van der Waals surface area contributed by atoms with E-state index >= 15 is 0 Å². The van der Waals surface area contributed by atoms with Gasteiger partial charge in [0.1, 0.15) is 5.82 Å². The summed E-state index contributed by atoms with van der Waals surface area (Å²) in [5.74, 6) is 1.35. The van der Waals surface area contributed by atoms with Crippen LogP contribution in [0.1, 0.15) is 59.2 Å². The van der Waals surface area contributed by atoms with Crippen LogP contribution in [-0.2, 0) is 6.42 Å². The van der Waals surface area contributed by atoms with Gasteiger partial charge in [0.2, 0.25) is 0 Å². The Balaban J connectivity index is 2.74. The summed E-state index contributed by atoms with van der Waals surface area (Å²) in [7, 11) is -1.30. The van der Waals surface area contributed by atoms with E-state index < -0.39 is 8.24 Å². The molecule has 0 fully saturated rings. The maximum atomic E-state index is 4.62. The molecule has 3 heteroatoms. The van der Waals surface area contributed by atoms with Gasteiger partial charge in [0.05, 0.1) is 0 Å². The third kappa shape index (κ3) is 3.47. The molecule has 2 nitrogen and oxygen atoms in total. The van der Waals surface area contributed by atoms with E-state index in [1.54, 1.807) is 0 Å². The first kappa shape index (κ1) is 15.5. The van der Waals surface area contributed by atoms with Crippen LogP contribution in [0.25, 0.3) is 0 Å². The number of imidazole rings is 1. The van der Waals surface area contributed by atoms with Gasteiger partial charge in [-0.2, -0.15) is 0 Å². The van der Waals surface area contributed by atoms with Gasteiger partial charge in [-0.25, -0.2) is 4.98 Å². The van der Waals surface area contributed by atoms with Crippen molar-refractivity contribution in [3.8, 4) is 0 Å². The number of unbranched alkanes of at least 4 members (excludes halogenated alkanes) is 3. The quantitative estimate of drug-likeness (QED) is 0.461. The maximum absolute atomic E-state index is 4.62. The Hall–Kier alpha value is -0.573. The molecule has 1 aromatic rings. The SMILES string of the molecule is CCCCCCc1nccn1[Si](CC)(CC)CC. The van der Waals surface area contributed by atoms with Crippen LogP contribution in [0.5, 0.6) is 0 Å². The lowest BCUT2D eigenvalue weighted by Crippen LogP contribution is -2.41. The molecule has 0 spiro atoms. The zero-order valence-corrected chi connectivity index (χ0v) is 13.7. The number of rotatable bonds is 9. The average Bonchev–Trinajstić information content (AvgIpc) is 2.87. The molecule has 0 bridgehead atoms. The summed E-state index contributed by atoms with van der Waals surface area (Å²) in [6, 6.07) is 3.99. The number of aromatic nitrogens is 2. The molecule has 0 saturated heterocycles. The maximum Gasteiger partial charge on any atom is 0.162 e. The first-order valence-corrected chi connectivity index (χ1v) is 10.3. The molecule has 0 unspecified atom stereocenters. The number of aryl methyl sites for hydroxylation is 1. The molecular weight excluding hydrogens is 236 g/mol. The predicted molar refractivity (Wildman–Crippen MR) is 82.7 cm³/mol. The van der Waals surface area contributed by atoms with Crippen molar-refractivity contribution in [2.75, 3.05) is 0 Å². The van der Waals surface area contributed by atoms with Crippen molar-refractivity contribution in [3.63, 3.8) is 0 Å². The van der Waals surface area contributed by atoms with Crippen molar-refractivity contribution in [2.24, 2.45) is 0 Å². The Bertz CT molecular complexity index is 321. The Kier molecular flexibility index (Phi) is 6.69. The normalized spacial score (nSPS) is 12.0. The van der Waals surface area contributed by atoms with Crippen molar-refractivity contribution in [2.45, 2.75) is 77.9 Å². The lowest BCUT2D eigenvalue weighted by molar-refractivity contribution is 0.649. The highest BCUT2D eigenvalue weighted by Gasteiger charge is 2.30. The van der Waals surface area contributed by atoms with Crippen molar-refractivity contribution in [1.29, 1.82) is 0 Å². The van der Waals surface area contributed by atoms with Crippen LogP contribution in [0, 0.1) is 0 Å². The summed E-state index contributed by atoms with van der Waals surface area (Å²) in [5, 5.41) is 0. The molecule has 0 aliphatic heterocycles. The zero-order chi connectivity index (χ0) is 13.4. The summed E-state index contributed by atoms with van der Waals surface area (Å²) in [6.45, 7) is 9.35. The van der Waals surface area contributed by atoms with Crippen molar-refractivity contribution >= 4 is 8.24 Å². The summed E-state index contributed by atoms with van der Waals surface area (Å²) in [4.78, 5) is 4.62. The Morgan fingerprint density at radius 1 is 1.00 bits per heavy atom. The lowest BCUT2D eigenvalue weighted by Gasteiger charge is -2.31. The van der Waals surface area contributed by atoms with Crippen LogP contribution in [0.4, 0.5) is 0 Å². The molecule has 0 radical (unpaired) electrons. The molecular formula is C15H30N2Si. The van der Waals surface area contributed by atoms with Gasteiger partial charge in [-0.15, -0.1) is 0 Å². The Labute approximate surface area is 114 Å². The number of nitrogens with zero attached hydrogens (tertiary/aromatic N) is 2. The van der Waals surface area contributed by atoms with Crippen LogP contribution < -0.4 is 0 Å².